The Bertz CT molecular complexity index is 423. The van der Waals surface area contributed by atoms with Crippen LogP contribution in [0.3, 0.4) is 0 Å². The number of likely N-dealkylation sites (N-methyl/N-ethyl adjacent to an activating group) is 1. The first-order valence-electron chi connectivity index (χ1n) is 6.63. The fourth-order valence-electron chi connectivity index (χ4n) is 2.18. The second-order valence-electron chi connectivity index (χ2n) is 4.67. The van der Waals surface area contributed by atoms with Gasteiger partial charge in [-0.3, -0.25) is 4.79 Å². The Kier molecular flexibility index (Phi) is 4.82. The number of hydrogen-bond acceptors (Lipinski definition) is 5. The van der Waals surface area contributed by atoms with E-state index in [2.05, 4.69) is 10.3 Å². The van der Waals surface area contributed by atoms with Gasteiger partial charge in [0.15, 0.2) is 0 Å². The van der Waals surface area contributed by atoms with Crippen LogP contribution in [0, 0.1) is 5.92 Å². The van der Waals surface area contributed by atoms with Gasteiger partial charge < -0.3 is 10.1 Å². The molecule has 1 fully saturated rings. The molecule has 1 heterocycles. The topological polar surface area (TPSA) is 51.2 Å². The Hall–Kier alpha value is -1.07. The molecular weight excluding hydrogens is 260 g/mol. The van der Waals surface area contributed by atoms with E-state index in [4.69, 9.17) is 4.74 Å². The van der Waals surface area contributed by atoms with Crippen LogP contribution in [0.2, 0.25) is 0 Å². The second-order valence-corrected chi connectivity index (χ2v) is 5.67. The van der Waals surface area contributed by atoms with Crippen LogP contribution in [0.25, 0.3) is 0 Å². The highest BCUT2D eigenvalue weighted by Crippen LogP contribution is 2.42. The molecule has 1 atom stereocenters. The minimum absolute atomic E-state index is 0.136. The summed E-state index contributed by atoms with van der Waals surface area (Å²) in [5.41, 5.74) is -0.571. The van der Waals surface area contributed by atoms with Crippen molar-refractivity contribution in [2.24, 2.45) is 5.92 Å². The predicted molar refractivity (Wildman–Crippen MR) is 76.1 cm³/mol. The van der Waals surface area contributed by atoms with E-state index in [-0.39, 0.29) is 5.97 Å². The monoisotopic (exact) mass is 280 g/mol. The quantitative estimate of drug-likeness (QED) is 0.612. The Labute approximate surface area is 118 Å². The molecule has 104 valence electrons. The average molecular weight is 280 g/mol. The lowest BCUT2D eigenvalue weighted by Gasteiger charge is -2.30. The summed E-state index contributed by atoms with van der Waals surface area (Å²) in [5.74, 6) is 0.903. The van der Waals surface area contributed by atoms with Crippen molar-refractivity contribution in [2.45, 2.75) is 30.3 Å². The number of esters is 1. The van der Waals surface area contributed by atoms with Crippen LogP contribution in [0.5, 0.6) is 0 Å². The molecule has 1 unspecified atom stereocenters. The SMILES string of the molecule is CCOC(=O)C(CSc1ccccn1)(NC)C1CC1. The highest BCUT2D eigenvalue weighted by Gasteiger charge is 2.51. The van der Waals surface area contributed by atoms with Crippen molar-refractivity contribution in [3.63, 3.8) is 0 Å². The highest BCUT2D eigenvalue weighted by atomic mass is 32.2. The maximum absolute atomic E-state index is 12.3. The first-order chi connectivity index (χ1) is 9.23. The molecule has 1 aromatic heterocycles. The highest BCUT2D eigenvalue weighted by molar-refractivity contribution is 7.99. The third-order valence-electron chi connectivity index (χ3n) is 3.45. The second kappa shape index (κ2) is 6.39. The Morgan fingerprint density at radius 1 is 1.58 bits per heavy atom. The first-order valence-corrected chi connectivity index (χ1v) is 7.61. The Morgan fingerprint density at radius 2 is 2.37 bits per heavy atom. The number of hydrogen-bond donors (Lipinski definition) is 1. The average Bonchev–Trinajstić information content (AvgIpc) is 3.27. The number of aromatic nitrogens is 1. The minimum Gasteiger partial charge on any atom is -0.465 e. The lowest BCUT2D eigenvalue weighted by Crippen LogP contribution is -2.55. The summed E-state index contributed by atoms with van der Waals surface area (Å²) in [6.45, 7) is 2.26. The number of pyridine rings is 1. The molecule has 1 aliphatic rings. The molecule has 0 aliphatic heterocycles. The molecule has 0 bridgehead atoms. The number of nitrogens with one attached hydrogen (secondary N) is 1. The van der Waals surface area contributed by atoms with Gasteiger partial charge in [-0.2, -0.15) is 0 Å². The van der Waals surface area contributed by atoms with Crippen molar-refractivity contribution in [1.29, 1.82) is 0 Å². The summed E-state index contributed by atoms with van der Waals surface area (Å²) in [7, 11) is 1.84. The Balaban J connectivity index is 2.07. The van der Waals surface area contributed by atoms with Crippen LogP contribution in [0.1, 0.15) is 19.8 Å². The van der Waals surface area contributed by atoms with Gasteiger partial charge in [-0.25, -0.2) is 4.98 Å². The van der Waals surface area contributed by atoms with E-state index in [1.165, 1.54) is 0 Å². The van der Waals surface area contributed by atoms with Gasteiger partial charge in [0.05, 0.1) is 11.6 Å². The molecule has 0 saturated heterocycles. The number of carbonyl (C=O) groups excluding carboxylic acids is 1. The van der Waals surface area contributed by atoms with E-state index >= 15 is 0 Å². The largest absolute Gasteiger partial charge is 0.465 e. The van der Waals surface area contributed by atoms with Crippen molar-refractivity contribution in [3.05, 3.63) is 24.4 Å². The fraction of sp³-hybridized carbons (Fsp3) is 0.571. The minimum atomic E-state index is -0.571. The van der Waals surface area contributed by atoms with E-state index in [1.54, 1.807) is 18.0 Å². The molecule has 0 aromatic carbocycles. The van der Waals surface area contributed by atoms with Crippen LogP contribution < -0.4 is 5.32 Å². The summed E-state index contributed by atoms with van der Waals surface area (Å²) >= 11 is 1.60. The van der Waals surface area contributed by atoms with Gasteiger partial charge in [0, 0.05) is 11.9 Å². The van der Waals surface area contributed by atoms with Crippen molar-refractivity contribution < 1.29 is 9.53 Å². The standard InChI is InChI=1S/C14H20N2O2S/c1-3-18-13(17)14(15-2,11-7-8-11)10-19-12-6-4-5-9-16-12/h4-6,9,11,15H,3,7-8,10H2,1-2H3. The third kappa shape index (κ3) is 3.28. The van der Waals surface area contributed by atoms with E-state index < -0.39 is 5.54 Å². The summed E-state index contributed by atoms with van der Waals surface area (Å²) in [4.78, 5) is 16.6. The molecule has 1 saturated carbocycles. The maximum atomic E-state index is 12.3. The summed E-state index contributed by atoms with van der Waals surface area (Å²) in [6, 6.07) is 5.81. The van der Waals surface area contributed by atoms with Gasteiger partial charge in [-0.1, -0.05) is 6.07 Å². The molecule has 5 heteroatoms. The van der Waals surface area contributed by atoms with Crippen molar-refractivity contribution in [3.8, 4) is 0 Å². The predicted octanol–water partition coefficient (Wildman–Crippen LogP) is 2.10. The van der Waals surface area contributed by atoms with E-state index in [0.717, 1.165) is 17.9 Å². The number of thioether (sulfide) groups is 1. The van der Waals surface area contributed by atoms with Gasteiger partial charge in [0.2, 0.25) is 0 Å². The summed E-state index contributed by atoms with van der Waals surface area (Å²) < 4.78 is 5.25. The van der Waals surface area contributed by atoms with Crippen LogP contribution >= 0.6 is 11.8 Å². The van der Waals surface area contributed by atoms with Gasteiger partial charge in [0.25, 0.3) is 0 Å². The van der Waals surface area contributed by atoms with Crippen molar-refractivity contribution in [2.75, 3.05) is 19.4 Å². The van der Waals surface area contributed by atoms with Crippen LogP contribution in [-0.2, 0) is 9.53 Å². The molecule has 1 N–H and O–H groups in total. The first kappa shape index (κ1) is 14.3. The summed E-state index contributed by atoms with van der Waals surface area (Å²) in [6.07, 6.45) is 3.94. The van der Waals surface area contributed by atoms with Gasteiger partial charge in [0.1, 0.15) is 5.54 Å². The van der Waals surface area contributed by atoms with Crippen LogP contribution in [0.4, 0.5) is 0 Å². The fourth-order valence-corrected chi connectivity index (χ4v) is 3.36. The molecule has 19 heavy (non-hydrogen) atoms. The zero-order valence-corrected chi connectivity index (χ0v) is 12.2. The smallest absolute Gasteiger partial charge is 0.327 e. The molecule has 4 nitrogen and oxygen atoms in total. The molecular formula is C14H20N2O2S. The third-order valence-corrected chi connectivity index (χ3v) is 4.58. The normalized spacial score (nSPS) is 17.8. The van der Waals surface area contributed by atoms with E-state index in [9.17, 15) is 4.79 Å². The lowest BCUT2D eigenvalue weighted by molar-refractivity contribution is -0.150. The van der Waals surface area contributed by atoms with Crippen molar-refractivity contribution in [1.82, 2.24) is 10.3 Å². The number of ether oxygens (including phenoxy) is 1. The molecule has 1 aromatic rings. The lowest BCUT2D eigenvalue weighted by atomic mass is 9.96. The molecule has 0 radical (unpaired) electrons. The van der Waals surface area contributed by atoms with Gasteiger partial charge in [-0.05, 0) is 44.9 Å². The zero-order valence-electron chi connectivity index (χ0n) is 11.4. The van der Waals surface area contributed by atoms with Crippen LogP contribution in [-0.4, -0.2) is 35.9 Å². The van der Waals surface area contributed by atoms with E-state index in [1.807, 2.05) is 32.2 Å². The Morgan fingerprint density at radius 3 is 2.89 bits per heavy atom. The number of nitrogens with zero attached hydrogens (tertiary/aromatic N) is 1. The van der Waals surface area contributed by atoms with Gasteiger partial charge >= 0.3 is 5.97 Å². The van der Waals surface area contributed by atoms with Gasteiger partial charge in [-0.15, -0.1) is 11.8 Å². The van der Waals surface area contributed by atoms with Crippen molar-refractivity contribution >= 4 is 17.7 Å². The summed E-state index contributed by atoms with van der Waals surface area (Å²) in [5, 5.41) is 4.15. The number of rotatable bonds is 7. The zero-order chi connectivity index (χ0) is 13.7. The molecule has 2 rings (SSSR count). The van der Waals surface area contributed by atoms with E-state index in [0.29, 0.717) is 18.3 Å². The molecule has 1 aliphatic carbocycles. The molecule has 0 amide bonds. The number of carbonyl (C=O) groups is 1. The van der Waals surface area contributed by atoms with Crippen LogP contribution in [0.15, 0.2) is 29.4 Å². The maximum Gasteiger partial charge on any atom is 0.327 e. The molecule has 0 spiro atoms.